The molecule has 0 saturated heterocycles. The Morgan fingerprint density at radius 1 is 1.00 bits per heavy atom. The monoisotopic (exact) mass is 300 g/mol. The molecule has 0 bridgehead atoms. The zero-order valence-corrected chi connectivity index (χ0v) is 15.1. The van der Waals surface area contributed by atoms with Crippen LogP contribution in [0.2, 0.25) is 16.6 Å². The van der Waals surface area contributed by atoms with E-state index in [4.69, 9.17) is 4.43 Å². The molecule has 3 nitrogen and oxygen atoms in total. The second kappa shape index (κ2) is 8.84. The van der Waals surface area contributed by atoms with Gasteiger partial charge in [-0.1, -0.05) is 47.5 Å². The van der Waals surface area contributed by atoms with Crippen LogP contribution in [0, 0.1) is 17.8 Å². The molecule has 0 unspecified atom stereocenters. The van der Waals surface area contributed by atoms with Gasteiger partial charge in [-0.05, 0) is 23.5 Å². The second-order valence-electron chi connectivity index (χ2n) is 6.38. The lowest BCUT2D eigenvalue weighted by Crippen LogP contribution is -2.49. The van der Waals surface area contributed by atoms with Crippen LogP contribution in [0.3, 0.4) is 0 Å². The maximum atomic E-state index is 10.2. The SMILES string of the molecule is CC#C[C@H](CO)[C@@H](O)CO[Si](C(C)C)(C(C)C)C(C)C. The molecular formula is C16H32O3Si. The van der Waals surface area contributed by atoms with E-state index in [9.17, 15) is 10.2 Å². The lowest BCUT2D eigenvalue weighted by Gasteiger charge is -2.42. The van der Waals surface area contributed by atoms with Gasteiger partial charge in [-0.2, -0.15) is 0 Å². The van der Waals surface area contributed by atoms with Crippen LogP contribution in [0.25, 0.3) is 0 Å². The number of hydrogen-bond acceptors (Lipinski definition) is 3. The predicted octanol–water partition coefficient (Wildman–Crippen LogP) is 3.17. The van der Waals surface area contributed by atoms with Crippen LogP contribution in [0.4, 0.5) is 0 Å². The highest BCUT2D eigenvalue weighted by molar-refractivity contribution is 6.77. The quantitative estimate of drug-likeness (QED) is 0.535. The van der Waals surface area contributed by atoms with Gasteiger partial charge in [0.2, 0.25) is 0 Å². The molecule has 0 radical (unpaired) electrons. The van der Waals surface area contributed by atoms with Gasteiger partial charge in [-0.25, -0.2) is 0 Å². The smallest absolute Gasteiger partial charge is 0.200 e. The van der Waals surface area contributed by atoms with Crippen LogP contribution in [0.5, 0.6) is 0 Å². The summed E-state index contributed by atoms with van der Waals surface area (Å²) < 4.78 is 6.31. The van der Waals surface area contributed by atoms with Crippen LogP contribution in [-0.2, 0) is 4.43 Å². The molecule has 0 aromatic carbocycles. The highest BCUT2D eigenvalue weighted by atomic mass is 28.4. The minimum Gasteiger partial charge on any atom is -0.413 e. The molecule has 20 heavy (non-hydrogen) atoms. The third-order valence-corrected chi connectivity index (χ3v) is 10.3. The minimum absolute atomic E-state index is 0.134. The Balaban J connectivity index is 4.97. The first-order chi connectivity index (χ1) is 9.23. The van der Waals surface area contributed by atoms with Crippen LogP contribution < -0.4 is 0 Å². The zero-order chi connectivity index (χ0) is 15.9. The van der Waals surface area contributed by atoms with Crippen LogP contribution in [0.15, 0.2) is 0 Å². The fraction of sp³-hybridized carbons (Fsp3) is 0.875. The van der Waals surface area contributed by atoms with E-state index in [-0.39, 0.29) is 13.2 Å². The molecule has 4 heteroatoms. The van der Waals surface area contributed by atoms with Crippen molar-refractivity contribution in [3.8, 4) is 11.8 Å². The fourth-order valence-electron chi connectivity index (χ4n) is 3.29. The molecule has 118 valence electrons. The molecular weight excluding hydrogens is 268 g/mol. The number of hydrogen-bond donors (Lipinski definition) is 2. The van der Waals surface area contributed by atoms with Gasteiger partial charge >= 0.3 is 0 Å². The van der Waals surface area contributed by atoms with Crippen molar-refractivity contribution in [2.45, 2.75) is 71.2 Å². The highest BCUT2D eigenvalue weighted by Gasteiger charge is 2.45. The molecule has 2 N–H and O–H groups in total. The lowest BCUT2D eigenvalue weighted by molar-refractivity contribution is 0.0473. The molecule has 0 fully saturated rings. The van der Waals surface area contributed by atoms with Crippen molar-refractivity contribution >= 4 is 8.32 Å². The van der Waals surface area contributed by atoms with Crippen LogP contribution in [0.1, 0.15) is 48.5 Å². The van der Waals surface area contributed by atoms with Gasteiger partial charge in [-0.15, -0.1) is 5.92 Å². The van der Waals surface area contributed by atoms with Gasteiger partial charge in [0, 0.05) is 0 Å². The summed E-state index contributed by atoms with van der Waals surface area (Å²) in [5, 5.41) is 19.5. The van der Waals surface area contributed by atoms with Crippen molar-refractivity contribution in [1.29, 1.82) is 0 Å². The van der Waals surface area contributed by atoms with E-state index in [0.717, 1.165) is 0 Å². The Bertz CT molecular complexity index is 307. The second-order valence-corrected chi connectivity index (χ2v) is 11.8. The van der Waals surface area contributed by atoms with E-state index in [1.807, 2.05) is 0 Å². The third kappa shape index (κ3) is 4.59. The summed E-state index contributed by atoms with van der Waals surface area (Å²) in [6.07, 6.45) is -0.726. The summed E-state index contributed by atoms with van der Waals surface area (Å²) >= 11 is 0. The normalized spacial score (nSPS) is 15.4. The molecule has 0 aliphatic heterocycles. The molecule has 0 aromatic heterocycles. The molecule has 2 atom stereocenters. The summed E-state index contributed by atoms with van der Waals surface area (Å²) in [5.41, 5.74) is 1.46. The van der Waals surface area contributed by atoms with E-state index in [0.29, 0.717) is 16.6 Å². The Morgan fingerprint density at radius 3 is 1.75 bits per heavy atom. The van der Waals surface area contributed by atoms with Gasteiger partial charge in [0.1, 0.15) is 0 Å². The van der Waals surface area contributed by atoms with Gasteiger partial charge < -0.3 is 14.6 Å². The molecule has 0 saturated carbocycles. The molecule has 0 aromatic rings. The molecule has 0 heterocycles. The standard InChI is InChI=1S/C16H32O3Si/c1-8-9-15(10-17)16(18)11-19-20(12(2)3,13(4)5)14(6)7/h12-18H,10-11H2,1-7H3/t15-,16+/m1/s1. The maximum absolute atomic E-state index is 10.2. The summed E-state index contributed by atoms with van der Waals surface area (Å²) in [6.45, 7) is 15.1. The largest absolute Gasteiger partial charge is 0.413 e. The summed E-state index contributed by atoms with van der Waals surface area (Å²) in [6, 6.07) is 0. The minimum atomic E-state index is -1.96. The van der Waals surface area contributed by atoms with Crippen LogP contribution in [-0.4, -0.2) is 37.8 Å². The molecule has 0 spiro atoms. The first-order valence-electron chi connectivity index (χ1n) is 7.59. The summed E-state index contributed by atoms with van der Waals surface area (Å²) in [4.78, 5) is 0. The third-order valence-electron chi connectivity index (χ3n) is 4.20. The maximum Gasteiger partial charge on any atom is 0.200 e. The molecule has 0 aliphatic carbocycles. The Labute approximate surface area is 125 Å². The Kier molecular flexibility index (Phi) is 8.68. The topological polar surface area (TPSA) is 49.7 Å². The van der Waals surface area contributed by atoms with Crippen molar-refractivity contribution in [3.63, 3.8) is 0 Å². The van der Waals surface area contributed by atoms with Crippen molar-refractivity contribution < 1.29 is 14.6 Å². The Morgan fingerprint density at radius 2 is 1.45 bits per heavy atom. The molecule has 0 aliphatic rings. The summed E-state index contributed by atoms with van der Waals surface area (Å²) in [5.74, 6) is 5.17. The van der Waals surface area contributed by atoms with Crippen molar-refractivity contribution in [1.82, 2.24) is 0 Å². The first kappa shape index (κ1) is 19.7. The number of aliphatic hydroxyl groups is 2. The fourth-order valence-corrected chi connectivity index (χ4v) is 8.75. The van der Waals surface area contributed by atoms with E-state index in [1.165, 1.54) is 0 Å². The average molecular weight is 301 g/mol. The van der Waals surface area contributed by atoms with Crippen molar-refractivity contribution in [2.75, 3.05) is 13.2 Å². The van der Waals surface area contributed by atoms with Gasteiger partial charge in [-0.3, -0.25) is 0 Å². The first-order valence-corrected chi connectivity index (χ1v) is 9.73. The van der Waals surface area contributed by atoms with E-state index in [2.05, 4.69) is 53.4 Å². The van der Waals surface area contributed by atoms with Crippen LogP contribution >= 0.6 is 0 Å². The van der Waals surface area contributed by atoms with E-state index >= 15 is 0 Å². The summed E-state index contributed by atoms with van der Waals surface area (Å²) in [7, 11) is -1.96. The van der Waals surface area contributed by atoms with Crippen molar-refractivity contribution in [3.05, 3.63) is 0 Å². The highest BCUT2D eigenvalue weighted by Crippen LogP contribution is 2.42. The Hall–Kier alpha value is -0.343. The van der Waals surface area contributed by atoms with E-state index in [1.54, 1.807) is 6.92 Å². The zero-order valence-electron chi connectivity index (χ0n) is 14.1. The van der Waals surface area contributed by atoms with Gasteiger partial charge in [0.05, 0.1) is 25.2 Å². The molecule has 0 amide bonds. The predicted molar refractivity (Wildman–Crippen MR) is 87.0 cm³/mol. The van der Waals surface area contributed by atoms with Gasteiger partial charge in [0.25, 0.3) is 0 Å². The lowest BCUT2D eigenvalue weighted by atomic mass is 10.1. The average Bonchev–Trinajstić information content (AvgIpc) is 2.34. The van der Waals surface area contributed by atoms with E-state index < -0.39 is 20.3 Å². The molecule has 0 rings (SSSR count). The van der Waals surface area contributed by atoms with Crippen molar-refractivity contribution in [2.24, 2.45) is 5.92 Å². The van der Waals surface area contributed by atoms with Gasteiger partial charge in [0.15, 0.2) is 8.32 Å². The number of rotatable bonds is 8. The number of aliphatic hydroxyl groups excluding tert-OH is 2.